The van der Waals surface area contributed by atoms with Gasteiger partial charge >= 0.3 is 0 Å². The van der Waals surface area contributed by atoms with Crippen molar-refractivity contribution in [1.29, 1.82) is 0 Å². The molecular weight excluding hydrogens is 387 g/mol. The number of hydrogen-bond donors (Lipinski definition) is 1. The molecule has 0 unspecified atom stereocenters. The number of carbonyl (C=O) groups is 1. The van der Waals surface area contributed by atoms with Crippen LogP contribution < -0.4 is 10.2 Å². The summed E-state index contributed by atoms with van der Waals surface area (Å²) in [5.74, 6) is 0.263. The summed E-state index contributed by atoms with van der Waals surface area (Å²) in [6.45, 7) is 3.71. The molecule has 0 radical (unpaired) electrons. The average Bonchev–Trinajstić information content (AvgIpc) is 2.83. The van der Waals surface area contributed by atoms with Crippen LogP contribution in [-0.2, 0) is 4.79 Å². The molecule has 0 atom stereocenters. The Labute approximate surface area is 155 Å². The molecule has 1 aliphatic heterocycles. The van der Waals surface area contributed by atoms with Crippen LogP contribution in [0.1, 0.15) is 6.42 Å². The van der Waals surface area contributed by atoms with Gasteiger partial charge in [0.2, 0.25) is 5.91 Å². The predicted molar refractivity (Wildman–Crippen MR) is 100 cm³/mol. The molecule has 2 aromatic rings. The van der Waals surface area contributed by atoms with E-state index in [1.165, 1.54) is 12.1 Å². The van der Waals surface area contributed by atoms with Gasteiger partial charge in [0.15, 0.2) is 0 Å². The number of benzene rings is 1. The van der Waals surface area contributed by atoms with Crippen LogP contribution in [0.4, 0.5) is 15.9 Å². The molecular formula is C18H20BrFN4O. The topological polar surface area (TPSA) is 48.5 Å². The van der Waals surface area contributed by atoms with Crippen molar-refractivity contribution in [2.75, 3.05) is 42.9 Å². The number of carbonyl (C=O) groups excluding carboxylic acids is 1. The summed E-state index contributed by atoms with van der Waals surface area (Å²) in [6.07, 6.45) is 2.61. The number of nitrogens with one attached hydrogen (secondary N) is 1. The molecule has 1 fully saturated rings. The van der Waals surface area contributed by atoms with Crippen molar-refractivity contribution in [3.05, 3.63) is 52.9 Å². The van der Waals surface area contributed by atoms with Gasteiger partial charge in [-0.25, -0.2) is 9.37 Å². The van der Waals surface area contributed by atoms with Gasteiger partial charge in [0.05, 0.1) is 6.54 Å². The van der Waals surface area contributed by atoms with Crippen LogP contribution in [0.2, 0.25) is 0 Å². The van der Waals surface area contributed by atoms with E-state index in [9.17, 15) is 9.18 Å². The second-order valence-electron chi connectivity index (χ2n) is 6.00. The van der Waals surface area contributed by atoms with Crippen LogP contribution in [0.3, 0.4) is 0 Å². The molecule has 0 spiro atoms. The molecule has 1 saturated heterocycles. The maximum Gasteiger partial charge on any atom is 0.239 e. The van der Waals surface area contributed by atoms with Crippen molar-refractivity contribution >= 4 is 33.3 Å². The molecule has 1 amide bonds. The van der Waals surface area contributed by atoms with E-state index in [1.54, 1.807) is 24.4 Å². The molecule has 7 heteroatoms. The third kappa shape index (κ3) is 5.24. The zero-order valence-corrected chi connectivity index (χ0v) is 15.4. The molecule has 1 aromatic heterocycles. The normalized spacial score (nSPS) is 15.7. The van der Waals surface area contributed by atoms with Crippen LogP contribution in [0, 0.1) is 5.82 Å². The zero-order valence-electron chi connectivity index (χ0n) is 13.8. The predicted octanol–water partition coefficient (Wildman–Crippen LogP) is 3.13. The van der Waals surface area contributed by atoms with Gasteiger partial charge in [0.1, 0.15) is 11.6 Å². The number of pyridine rings is 1. The van der Waals surface area contributed by atoms with E-state index in [-0.39, 0.29) is 11.7 Å². The smallest absolute Gasteiger partial charge is 0.239 e. The van der Waals surface area contributed by atoms with Crippen LogP contribution in [-0.4, -0.2) is 48.5 Å². The Morgan fingerprint density at radius 2 is 1.92 bits per heavy atom. The van der Waals surface area contributed by atoms with Gasteiger partial charge in [-0.1, -0.05) is 0 Å². The number of anilines is 2. The summed E-state index contributed by atoms with van der Waals surface area (Å²) in [4.78, 5) is 20.7. The number of amides is 1. The fraction of sp³-hybridized carbons (Fsp3) is 0.333. The van der Waals surface area contributed by atoms with Crippen molar-refractivity contribution in [2.24, 2.45) is 0 Å². The Bertz CT molecular complexity index is 708. The molecule has 3 rings (SSSR count). The summed E-state index contributed by atoms with van der Waals surface area (Å²) in [5, 5.41) is 2.82. The minimum Gasteiger partial charge on any atom is -0.370 e. The fourth-order valence-electron chi connectivity index (χ4n) is 2.87. The first-order valence-corrected chi connectivity index (χ1v) is 9.04. The average molecular weight is 407 g/mol. The summed E-state index contributed by atoms with van der Waals surface area (Å²) >= 11 is 3.32. The zero-order chi connectivity index (χ0) is 17.6. The maximum atomic E-state index is 13.1. The highest BCUT2D eigenvalue weighted by atomic mass is 79.9. The van der Waals surface area contributed by atoms with Crippen LogP contribution in [0.25, 0.3) is 0 Å². The van der Waals surface area contributed by atoms with Crippen molar-refractivity contribution < 1.29 is 9.18 Å². The largest absolute Gasteiger partial charge is 0.370 e. The summed E-state index contributed by atoms with van der Waals surface area (Å²) in [7, 11) is 0. The van der Waals surface area contributed by atoms with E-state index in [2.05, 4.69) is 36.0 Å². The SMILES string of the molecule is O=C(CN1CCCN(c2ccc(F)cc2)CC1)Nc1ccc(Br)cn1. The molecule has 0 aliphatic carbocycles. The highest BCUT2D eigenvalue weighted by Gasteiger charge is 2.17. The fourth-order valence-corrected chi connectivity index (χ4v) is 3.11. The molecule has 1 N–H and O–H groups in total. The highest BCUT2D eigenvalue weighted by molar-refractivity contribution is 9.10. The monoisotopic (exact) mass is 406 g/mol. The molecule has 2 heterocycles. The van der Waals surface area contributed by atoms with Gasteiger partial charge in [0.25, 0.3) is 0 Å². The molecule has 1 aromatic carbocycles. The lowest BCUT2D eigenvalue weighted by Gasteiger charge is -2.23. The van der Waals surface area contributed by atoms with E-state index < -0.39 is 0 Å². The lowest BCUT2D eigenvalue weighted by atomic mass is 10.2. The minimum absolute atomic E-state index is 0.0648. The summed E-state index contributed by atoms with van der Waals surface area (Å²) in [5.41, 5.74) is 1.02. The van der Waals surface area contributed by atoms with E-state index in [0.29, 0.717) is 12.4 Å². The molecule has 5 nitrogen and oxygen atoms in total. The second kappa shape index (κ2) is 8.40. The van der Waals surface area contributed by atoms with E-state index in [0.717, 1.165) is 42.8 Å². The van der Waals surface area contributed by atoms with E-state index in [1.807, 2.05) is 6.07 Å². The Morgan fingerprint density at radius 3 is 2.64 bits per heavy atom. The number of aromatic nitrogens is 1. The quantitative estimate of drug-likeness (QED) is 0.846. The minimum atomic E-state index is -0.224. The Balaban J connectivity index is 1.51. The second-order valence-corrected chi connectivity index (χ2v) is 6.92. The van der Waals surface area contributed by atoms with Crippen molar-refractivity contribution in [1.82, 2.24) is 9.88 Å². The lowest BCUT2D eigenvalue weighted by molar-refractivity contribution is -0.117. The third-order valence-corrected chi connectivity index (χ3v) is 4.61. The molecule has 0 saturated carbocycles. The Hall–Kier alpha value is -1.99. The number of nitrogens with zero attached hydrogens (tertiary/aromatic N) is 3. The van der Waals surface area contributed by atoms with Crippen LogP contribution >= 0.6 is 15.9 Å². The van der Waals surface area contributed by atoms with Crippen molar-refractivity contribution in [3.8, 4) is 0 Å². The molecule has 132 valence electrons. The standard InChI is InChI=1S/C18H20BrFN4O/c19-14-2-7-17(21-12-14)22-18(25)13-23-8-1-9-24(11-10-23)16-5-3-15(20)4-6-16/h2-7,12H,1,8-11,13H2,(H,21,22,25). The van der Waals surface area contributed by atoms with Gasteiger partial charge in [-0.2, -0.15) is 0 Å². The third-order valence-electron chi connectivity index (χ3n) is 4.14. The number of hydrogen-bond acceptors (Lipinski definition) is 4. The van der Waals surface area contributed by atoms with Gasteiger partial charge < -0.3 is 10.2 Å². The van der Waals surface area contributed by atoms with Gasteiger partial charge in [-0.05, 0) is 58.7 Å². The van der Waals surface area contributed by atoms with E-state index in [4.69, 9.17) is 0 Å². The van der Waals surface area contributed by atoms with Gasteiger partial charge in [-0.15, -0.1) is 0 Å². The van der Waals surface area contributed by atoms with Crippen molar-refractivity contribution in [2.45, 2.75) is 6.42 Å². The summed E-state index contributed by atoms with van der Waals surface area (Å²) < 4.78 is 13.9. The first-order valence-electron chi connectivity index (χ1n) is 8.24. The summed E-state index contributed by atoms with van der Waals surface area (Å²) in [6, 6.07) is 10.2. The van der Waals surface area contributed by atoms with Crippen molar-refractivity contribution in [3.63, 3.8) is 0 Å². The Kier molecular flexibility index (Phi) is 5.99. The Morgan fingerprint density at radius 1 is 1.12 bits per heavy atom. The van der Waals surface area contributed by atoms with Crippen LogP contribution in [0.15, 0.2) is 47.1 Å². The lowest BCUT2D eigenvalue weighted by Crippen LogP contribution is -2.36. The number of halogens is 2. The highest BCUT2D eigenvalue weighted by Crippen LogP contribution is 2.17. The van der Waals surface area contributed by atoms with Gasteiger partial charge in [-0.3, -0.25) is 9.69 Å². The molecule has 0 bridgehead atoms. The van der Waals surface area contributed by atoms with Crippen LogP contribution in [0.5, 0.6) is 0 Å². The molecule has 25 heavy (non-hydrogen) atoms. The van der Waals surface area contributed by atoms with E-state index >= 15 is 0 Å². The first kappa shape index (κ1) is 17.8. The number of rotatable bonds is 4. The maximum absolute atomic E-state index is 13.1. The molecule has 1 aliphatic rings. The van der Waals surface area contributed by atoms with Gasteiger partial charge in [0, 0.05) is 42.5 Å². The first-order chi connectivity index (χ1) is 12.1.